The number of carbonyl (C=O) groups excluding carboxylic acids is 1. The maximum atomic E-state index is 12.8. The van der Waals surface area contributed by atoms with Gasteiger partial charge in [0, 0.05) is 32.3 Å². The van der Waals surface area contributed by atoms with Gasteiger partial charge in [0.15, 0.2) is 11.5 Å². The summed E-state index contributed by atoms with van der Waals surface area (Å²) in [5, 5.41) is 3.47. The summed E-state index contributed by atoms with van der Waals surface area (Å²) in [6, 6.07) is 7.29. The molecule has 27 heavy (non-hydrogen) atoms. The molecule has 0 aliphatic carbocycles. The molecule has 6 nitrogen and oxygen atoms in total. The zero-order valence-electron chi connectivity index (χ0n) is 15.0. The lowest BCUT2D eigenvalue weighted by Gasteiger charge is -2.19. The second kappa shape index (κ2) is 8.05. The van der Waals surface area contributed by atoms with Gasteiger partial charge in [0.25, 0.3) is 5.91 Å². The molecule has 1 aromatic heterocycles. The van der Waals surface area contributed by atoms with Crippen LogP contribution < -0.4 is 19.7 Å². The third kappa shape index (κ3) is 3.95. The van der Waals surface area contributed by atoms with Crippen molar-refractivity contribution in [1.82, 2.24) is 10.3 Å². The van der Waals surface area contributed by atoms with Crippen LogP contribution in [0.1, 0.15) is 35.2 Å². The standard InChI is InChI=1S/C20H22ClN3O3/c21-16-11-14(12-17-18(16)27-10-4-9-26-17)13-23-20(25)15-5-3-6-22-19(15)24-7-1-2-8-24/h3,5-6,11-12H,1-2,4,7-10,13H2,(H,23,25). The van der Waals surface area contributed by atoms with Crippen LogP contribution in [0.5, 0.6) is 11.5 Å². The molecule has 0 bridgehead atoms. The van der Waals surface area contributed by atoms with E-state index in [0.29, 0.717) is 41.8 Å². The molecule has 0 unspecified atom stereocenters. The van der Waals surface area contributed by atoms with Gasteiger partial charge in [0.1, 0.15) is 5.82 Å². The number of fused-ring (bicyclic) bond motifs is 1. The van der Waals surface area contributed by atoms with Crippen LogP contribution in [-0.2, 0) is 6.54 Å². The number of nitrogens with one attached hydrogen (secondary N) is 1. The molecule has 1 aromatic carbocycles. The van der Waals surface area contributed by atoms with E-state index < -0.39 is 0 Å². The van der Waals surface area contributed by atoms with Gasteiger partial charge in [-0.25, -0.2) is 4.98 Å². The Morgan fingerprint density at radius 3 is 2.85 bits per heavy atom. The first-order valence-electron chi connectivity index (χ1n) is 9.28. The summed E-state index contributed by atoms with van der Waals surface area (Å²) in [7, 11) is 0. The number of halogens is 1. The lowest BCUT2D eigenvalue weighted by atomic mass is 10.1. The van der Waals surface area contributed by atoms with Gasteiger partial charge in [-0.3, -0.25) is 4.79 Å². The maximum absolute atomic E-state index is 12.8. The van der Waals surface area contributed by atoms with Gasteiger partial charge in [0.2, 0.25) is 0 Å². The number of anilines is 1. The molecule has 4 rings (SSSR count). The van der Waals surface area contributed by atoms with Crippen LogP contribution in [0.15, 0.2) is 30.5 Å². The Morgan fingerprint density at radius 1 is 1.19 bits per heavy atom. The molecule has 1 fully saturated rings. The van der Waals surface area contributed by atoms with E-state index in [9.17, 15) is 4.79 Å². The van der Waals surface area contributed by atoms with Crippen LogP contribution in [0, 0.1) is 0 Å². The molecule has 0 atom stereocenters. The molecule has 2 aliphatic heterocycles. The molecular weight excluding hydrogens is 366 g/mol. The number of carbonyl (C=O) groups is 1. The van der Waals surface area contributed by atoms with Gasteiger partial charge < -0.3 is 19.7 Å². The fraction of sp³-hybridized carbons (Fsp3) is 0.400. The van der Waals surface area contributed by atoms with E-state index in [1.54, 1.807) is 18.3 Å². The molecular formula is C20H22ClN3O3. The third-order valence-electron chi connectivity index (χ3n) is 4.75. The molecule has 0 saturated carbocycles. The van der Waals surface area contributed by atoms with E-state index in [2.05, 4.69) is 15.2 Å². The highest BCUT2D eigenvalue weighted by Gasteiger charge is 2.21. The smallest absolute Gasteiger partial charge is 0.255 e. The van der Waals surface area contributed by atoms with Crippen molar-refractivity contribution < 1.29 is 14.3 Å². The highest BCUT2D eigenvalue weighted by Crippen LogP contribution is 2.38. The predicted molar refractivity (Wildman–Crippen MR) is 104 cm³/mol. The van der Waals surface area contributed by atoms with Gasteiger partial charge >= 0.3 is 0 Å². The van der Waals surface area contributed by atoms with E-state index in [4.69, 9.17) is 21.1 Å². The Bertz CT molecular complexity index is 837. The number of hydrogen-bond acceptors (Lipinski definition) is 5. The third-order valence-corrected chi connectivity index (χ3v) is 5.03. The normalized spacial score (nSPS) is 16.1. The minimum Gasteiger partial charge on any atom is -0.489 e. The second-order valence-corrected chi connectivity index (χ2v) is 7.11. The number of pyridine rings is 1. The van der Waals surface area contributed by atoms with E-state index in [-0.39, 0.29) is 5.91 Å². The van der Waals surface area contributed by atoms with Crippen molar-refractivity contribution in [2.45, 2.75) is 25.8 Å². The van der Waals surface area contributed by atoms with Crippen LogP contribution in [0.2, 0.25) is 5.02 Å². The van der Waals surface area contributed by atoms with Crippen molar-refractivity contribution in [3.05, 3.63) is 46.6 Å². The molecule has 2 aromatic rings. The molecule has 1 saturated heterocycles. The van der Waals surface area contributed by atoms with Crippen LogP contribution in [0.3, 0.4) is 0 Å². The summed E-state index contributed by atoms with van der Waals surface area (Å²) in [6.07, 6.45) is 4.81. The summed E-state index contributed by atoms with van der Waals surface area (Å²) < 4.78 is 11.4. The van der Waals surface area contributed by atoms with Crippen molar-refractivity contribution >= 4 is 23.3 Å². The lowest BCUT2D eigenvalue weighted by molar-refractivity contribution is 0.0951. The first-order valence-corrected chi connectivity index (χ1v) is 9.66. The van der Waals surface area contributed by atoms with E-state index in [1.165, 1.54) is 0 Å². The number of hydrogen-bond donors (Lipinski definition) is 1. The van der Waals surface area contributed by atoms with Crippen molar-refractivity contribution in [1.29, 1.82) is 0 Å². The fourth-order valence-electron chi connectivity index (χ4n) is 3.42. The van der Waals surface area contributed by atoms with Crippen LogP contribution in [0.4, 0.5) is 5.82 Å². The molecule has 2 aliphatic rings. The first-order chi connectivity index (χ1) is 13.2. The van der Waals surface area contributed by atoms with Gasteiger partial charge in [-0.05, 0) is 42.7 Å². The molecule has 3 heterocycles. The second-order valence-electron chi connectivity index (χ2n) is 6.71. The molecule has 0 spiro atoms. The minimum absolute atomic E-state index is 0.145. The number of nitrogens with zero attached hydrogens (tertiary/aromatic N) is 2. The molecule has 0 radical (unpaired) electrons. The lowest BCUT2D eigenvalue weighted by Crippen LogP contribution is -2.28. The minimum atomic E-state index is -0.145. The van der Waals surface area contributed by atoms with E-state index in [1.807, 2.05) is 12.1 Å². The van der Waals surface area contributed by atoms with Gasteiger partial charge in [0.05, 0.1) is 23.8 Å². The highest BCUT2D eigenvalue weighted by atomic mass is 35.5. The Kier molecular flexibility index (Phi) is 5.34. The quantitative estimate of drug-likeness (QED) is 0.870. The first kappa shape index (κ1) is 17.9. The van der Waals surface area contributed by atoms with Gasteiger partial charge in [-0.15, -0.1) is 0 Å². The van der Waals surface area contributed by atoms with E-state index >= 15 is 0 Å². The molecule has 1 N–H and O–H groups in total. The Labute approximate surface area is 163 Å². The summed E-state index contributed by atoms with van der Waals surface area (Å²) in [4.78, 5) is 19.3. The summed E-state index contributed by atoms with van der Waals surface area (Å²) >= 11 is 6.33. The van der Waals surface area contributed by atoms with Crippen LogP contribution in [0.25, 0.3) is 0 Å². The summed E-state index contributed by atoms with van der Waals surface area (Å²) in [6.45, 7) is 3.41. The Balaban J connectivity index is 1.49. The fourth-order valence-corrected chi connectivity index (χ4v) is 3.71. The van der Waals surface area contributed by atoms with Crippen molar-refractivity contribution in [3.63, 3.8) is 0 Å². The van der Waals surface area contributed by atoms with Crippen molar-refractivity contribution in [3.8, 4) is 11.5 Å². The molecule has 142 valence electrons. The SMILES string of the molecule is O=C(NCc1cc(Cl)c2c(c1)OCCCO2)c1cccnc1N1CCCC1. The zero-order valence-corrected chi connectivity index (χ0v) is 15.8. The zero-order chi connectivity index (χ0) is 18.6. The van der Waals surface area contributed by atoms with Gasteiger partial charge in [-0.2, -0.15) is 0 Å². The van der Waals surface area contributed by atoms with E-state index in [0.717, 1.165) is 43.7 Å². The van der Waals surface area contributed by atoms with Gasteiger partial charge in [-0.1, -0.05) is 11.6 Å². The maximum Gasteiger partial charge on any atom is 0.255 e. The predicted octanol–water partition coefficient (Wildman–Crippen LogP) is 3.43. The van der Waals surface area contributed by atoms with Crippen LogP contribution >= 0.6 is 11.6 Å². The number of amides is 1. The largest absolute Gasteiger partial charge is 0.489 e. The summed E-state index contributed by atoms with van der Waals surface area (Å²) in [5.41, 5.74) is 1.46. The topological polar surface area (TPSA) is 63.7 Å². The molecule has 7 heteroatoms. The Morgan fingerprint density at radius 2 is 2.00 bits per heavy atom. The average molecular weight is 388 g/mol. The number of ether oxygens (including phenoxy) is 2. The Hall–Kier alpha value is -2.47. The summed E-state index contributed by atoms with van der Waals surface area (Å²) in [5.74, 6) is 1.81. The highest BCUT2D eigenvalue weighted by molar-refractivity contribution is 6.32. The van der Waals surface area contributed by atoms with Crippen molar-refractivity contribution in [2.24, 2.45) is 0 Å². The van der Waals surface area contributed by atoms with Crippen LogP contribution in [-0.4, -0.2) is 37.2 Å². The number of aromatic nitrogens is 1. The van der Waals surface area contributed by atoms with Crippen molar-refractivity contribution in [2.75, 3.05) is 31.2 Å². The average Bonchev–Trinajstić information content (AvgIpc) is 3.11. The monoisotopic (exact) mass is 387 g/mol. The number of rotatable bonds is 4. The number of benzene rings is 1. The molecule has 1 amide bonds.